The minimum absolute atomic E-state index is 0.00324. The largest absolute Gasteiger partial charge is 0.385 e. The molecule has 0 spiro atoms. The summed E-state index contributed by atoms with van der Waals surface area (Å²) in [4.78, 5) is 1.19. The molecule has 3 aromatic rings. The van der Waals surface area contributed by atoms with E-state index in [1.165, 1.54) is 4.90 Å². The number of aromatic nitrogens is 1. The molecule has 2 aromatic carbocycles. The van der Waals surface area contributed by atoms with Gasteiger partial charge in [-0.15, -0.1) is 11.8 Å². The summed E-state index contributed by atoms with van der Waals surface area (Å²) in [7, 11) is 0. The Hall–Kier alpha value is -1.97. The molecular weight excluding hydrogens is 278 g/mol. The van der Waals surface area contributed by atoms with Crippen molar-refractivity contribution in [2.75, 3.05) is 0 Å². The van der Waals surface area contributed by atoms with Crippen LogP contribution < -0.4 is 0 Å². The third-order valence-electron chi connectivity index (χ3n) is 3.88. The number of para-hydroxylation sites is 1. The van der Waals surface area contributed by atoms with Crippen molar-refractivity contribution < 1.29 is 5.11 Å². The topological polar surface area (TPSA) is 25.2 Å². The van der Waals surface area contributed by atoms with Crippen LogP contribution in [0.15, 0.2) is 77.8 Å². The molecule has 0 amide bonds. The quantitative estimate of drug-likeness (QED) is 0.721. The number of rotatable bonds is 1. The Morgan fingerprint density at radius 3 is 2.48 bits per heavy atom. The van der Waals surface area contributed by atoms with Crippen molar-refractivity contribution in [1.29, 1.82) is 0 Å². The number of aliphatic hydroxyl groups excluding tert-OH is 1. The summed E-state index contributed by atoms with van der Waals surface area (Å²) in [5.74, 6) is 0. The van der Waals surface area contributed by atoms with E-state index in [0.29, 0.717) is 0 Å². The number of hydrogen-bond donors (Lipinski definition) is 1. The van der Waals surface area contributed by atoms with Crippen LogP contribution >= 0.6 is 11.8 Å². The summed E-state index contributed by atoms with van der Waals surface area (Å²) in [6.07, 6.45) is 1.49. The predicted molar refractivity (Wildman–Crippen MR) is 85.8 cm³/mol. The first-order chi connectivity index (χ1) is 10.3. The van der Waals surface area contributed by atoms with E-state index in [9.17, 15) is 5.11 Å². The van der Waals surface area contributed by atoms with Crippen LogP contribution in [0.25, 0.3) is 5.69 Å². The molecule has 0 saturated heterocycles. The van der Waals surface area contributed by atoms with Gasteiger partial charge in [0, 0.05) is 11.1 Å². The van der Waals surface area contributed by atoms with E-state index < -0.39 is 6.10 Å². The zero-order chi connectivity index (χ0) is 14.2. The van der Waals surface area contributed by atoms with Crippen LogP contribution in [0.4, 0.5) is 0 Å². The standard InChI is InChI=1S/C18H15NOS/c20-17-15-10-6-12-19(15)14-9-4-5-11-16(14)21-18(17)13-7-2-1-3-8-13/h1-12,17-18,20H/t17-,18+/m0/s1. The fourth-order valence-corrected chi connectivity index (χ4v) is 4.14. The van der Waals surface area contributed by atoms with Gasteiger partial charge in [0.2, 0.25) is 0 Å². The number of hydrogen-bond acceptors (Lipinski definition) is 2. The maximum atomic E-state index is 10.9. The van der Waals surface area contributed by atoms with Crippen molar-refractivity contribution in [2.45, 2.75) is 16.2 Å². The van der Waals surface area contributed by atoms with Gasteiger partial charge in [-0.25, -0.2) is 0 Å². The lowest BCUT2D eigenvalue weighted by molar-refractivity contribution is 0.169. The molecule has 0 fully saturated rings. The summed E-state index contributed by atoms with van der Waals surface area (Å²) in [6, 6.07) is 22.5. The fraction of sp³-hybridized carbons (Fsp3) is 0.111. The summed E-state index contributed by atoms with van der Waals surface area (Å²) < 4.78 is 2.09. The normalized spacial score (nSPS) is 20.4. The van der Waals surface area contributed by atoms with E-state index in [0.717, 1.165) is 16.9 Å². The van der Waals surface area contributed by atoms with E-state index >= 15 is 0 Å². The lowest BCUT2D eigenvalue weighted by Gasteiger charge is -2.20. The van der Waals surface area contributed by atoms with E-state index in [4.69, 9.17) is 0 Å². The second kappa shape index (κ2) is 5.10. The van der Waals surface area contributed by atoms with Crippen molar-refractivity contribution in [3.05, 3.63) is 84.2 Å². The molecule has 1 aromatic heterocycles. The lowest BCUT2D eigenvalue weighted by atomic mass is 10.0. The molecule has 104 valence electrons. The SMILES string of the molecule is O[C@H]1c2cccn2-c2ccccc2S[C@@H]1c1ccccc1. The molecule has 4 rings (SSSR count). The fourth-order valence-electron chi connectivity index (χ4n) is 2.86. The summed E-state index contributed by atoms with van der Waals surface area (Å²) in [5, 5.41) is 10.9. The van der Waals surface area contributed by atoms with Gasteiger partial charge in [-0.05, 0) is 29.8 Å². The lowest BCUT2D eigenvalue weighted by Crippen LogP contribution is -2.09. The first-order valence-corrected chi connectivity index (χ1v) is 7.89. The first-order valence-electron chi connectivity index (χ1n) is 7.01. The maximum Gasteiger partial charge on any atom is 0.111 e. The van der Waals surface area contributed by atoms with E-state index in [-0.39, 0.29) is 5.25 Å². The minimum atomic E-state index is -0.528. The Kier molecular flexibility index (Phi) is 3.09. The van der Waals surface area contributed by atoms with Crippen molar-refractivity contribution in [2.24, 2.45) is 0 Å². The Morgan fingerprint density at radius 2 is 1.62 bits per heavy atom. The Balaban J connectivity index is 1.91. The number of nitrogens with zero attached hydrogens (tertiary/aromatic N) is 1. The molecule has 3 heteroatoms. The van der Waals surface area contributed by atoms with Crippen LogP contribution in [0.2, 0.25) is 0 Å². The van der Waals surface area contributed by atoms with Crippen LogP contribution in [0.1, 0.15) is 22.6 Å². The van der Waals surface area contributed by atoms with Crippen molar-refractivity contribution >= 4 is 11.8 Å². The van der Waals surface area contributed by atoms with Crippen LogP contribution in [-0.4, -0.2) is 9.67 Å². The predicted octanol–water partition coefficient (Wildman–Crippen LogP) is 4.36. The average molecular weight is 293 g/mol. The molecule has 0 radical (unpaired) electrons. The molecule has 2 heterocycles. The molecule has 0 saturated carbocycles. The van der Waals surface area contributed by atoms with Gasteiger partial charge in [0.1, 0.15) is 6.10 Å². The smallest absolute Gasteiger partial charge is 0.111 e. The molecule has 0 bridgehead atoms. The highest BCUT2D eigenvalue weighted by Crippen LogP contribution is 2.48. The average Bonchev–Trinajstić information content (AvgIpc) is 2.98. The maximum absolute atomic E-state index is 10.9. The van der Waals surface area contributed by atoms with Gasteiger partial charge < -0.3 is 9.67 Å². The van der Waals surface area contributed by atoms with Crippen LogP contribution in [0.5, 0.6) is 0 Å². The number of fused-ring (bicyclic) bond motifs is 3. The number of thioether (sulfide) groups is 1. The molecule has 1 aliphatic heterocycles. The van der Waals surface area contributed by atoms with E-state index in [1.54, 1.807) is 11.8 Å². The first kappa shape index (κ1) is 12.7. The molecule has 0 aliphatic carbocycles. The van der Waals surface area contributed by atoms with Crippen LogP contribution in [-0.2, 0) is 0 Å². The third kappa shape index (κ3) is 2.09. The minimum Gasteiger partial charge on any atom is -0.385 e. The monoisotopic (exact) mass is 293 g/mol. The van der Waals surface area contributed by atoms with Gasteiger partial charge in [-0.2, -0.15) is 0 Å². The highest BCUT2D eigenvalue weighted by Gasteiger charge is 2.30. The van der Waals surface area contributed by atoms with Gasteiger partial charge in [0.15, 0.2) is 0 Å². The Bertz CT molecular complexity index is 766. The Labute approximate surface area is 128 Å². The molecule has 21 heavy (non-hydrogen) atoms. The van der Waals surface area contributed by atoms with Gasteiger partial charge in [-0.3, -0.25) is 0 Å². The molecule has 1 N–H and O–H groups in total. The van der Waals surface area contributed by atoms with Crippen LogP contribution in [0, 0.1) is 0 Å². The second-order valence-corrected chi connectivity index (χ2v) is 6.35. The van der Waals surface area contributed by atoms with Gasteiger partial charge in [-0.1, -0.05) is 42.5 Å². The van der Waals surface area contributed by atoms with Crippen molar-refractivity contribution in [3.8, 4) is 5.69 Å². The molecule has 2 atom stereocenters. The van der Waals surface area contributed by atoms with E-state index in [1.807, 2.05) is 42.6 Å². The zero-order valence-corrected chi connectivity index (χ0v) is 12.2. The number of aliphatic hydroxyl groups is 1. The van der Waals surface area contributed by atoms with Crippen molar-refractivity contribution in [1.82, 2.24) is 4.57 Å². The highest BCUT2D eigenvalue weighted by molar-refractivity contribution is 7.99. The van der Waals surface area contributed by atoms with Gasteiger partial charge in [0.05, 0.1) is 16.6 Å². The van der Waals surface area contributed by atoms with Crippen LogP contribution in [0.3, 0.4) is 0 Å². The second-order valence-electron chi connectivity index (χ2n) is 5.16. The summed E-state index contributed by atoms with van der Waals surface area (Å²) in [5.41, 5.74) is 3.24. The summed E-state index contributed by atoms with van der Waals surface area (Å²) >= 11 is 1.73. The number of benzene rings is 2. The molecular formula is C18H15NOS. The molecule has 1 aliphatic rings. The zero-order valence-electron chi connectivity index (χ0n) is 11.4. The van der Waals surface area contributed by atoms with Gasteiger partial charge >= 0.3 is 0 Å². The van der Waals surface area contributed by atoms with E-state index in [2.05, 4.69) is 34.9 Å². The third-order valence-corrected chi connectivity index (χ3v) is 5.26. The highest BCUT2D eigenvalue weighted by atomic mass is 32.2. The van der Waals surface area contributed by atoms with Gasteiger partial charge in [0.25, 0.3) is 0 Å². The Morgan fingerprint density at radius 1 is 0.857 bits per heavy atom. The van der Waals surface area contributed by atoms with Crippen molar-refractivity contribution in [3.63, 3.8) is 0 Å². The molecule has 2 nitrogen and oxygen atoms in total. The molecule has 0 unspecified atom stereocenters. The summed E-state index contributed by atoms with van der Waals surface area (Å²) in [6.45, 7) is 0.